The molecule has 0 bridgehead atoms. The highest BCUT2D eigenvalue weighted by Gasteiger charge is 2.12. The molecule has 0 aliphatic heterocycles. The van der Waals surface area contributed by atoms with Crippen molar-refractivity contribution in [1.29, 1.82) is 0 Å². The minimum atomic E-state index is -0.506. The molecule has 0 atom stereocenters. The standard InChI is InChI=1S/C26H24N2O6/c1-32-24-16-18(17-25(33-2)26(24)34-3)8-9-19-6-4-5-7-22(19)27-15-14-23(29)20-10-12-21(13-11-20)28(30)31/h4-17,27H,1-3H3/b9-8-,15-14-. The van der Waals surface area contributed by atoms with Crippen molar-refractivity contribution in [3.63, 3.8) is 0 Å². The summed E-state index contributed by atoms with van der Waals surface area (Å²) in [7, 11) is 4.68. The minimum Gasteiger partial charge on any atom is -0.493 e. The highest BCUT2D eigenvalue weighted by Crippen LogP contribution is 2.38. The number of ether oxygens (including phenoxy) is 3. The zero-order chi connectivity index (χ0) is 24.5. The Labute approximate surface area is 197 Å². The summed E-state index contributed by atoms with van der Waals surface area (Å²) in [5, 5.41) is 13.9. The largest absolute Gasteiger partial charge is 0.493 e. The second-order valence-corrected chi connectivity index (χ2v) is 7.03. The van der Waals surface area contributed by atoms with Gasteiger partial charge in [-0.05, 0) is 41.5 Å². The lowest BCUT2D eigenvalue weighted by Gasteiger charge is -2.13. The zero-order valence-electron chi connectivity index (χ0n) is 19.0. The fraction of sp³-hybridized carbons (Fsp3) is 0.115. The molecule has 0 fully saturated rings. The molecule has 0 radical (unpaired) electrons. The van der Waals surface area contributed by atoms with Crippen LogP contribution in [0.3, 0.4) is 0 Å². The molecule has 8 heteroatoms. The Kier molecular flexibility index (Phi) is 8.02. The molecule has 34 heavy (non-hydrogen) atoms. The molecule has 3 aromatic rings. The number of hydrogen-bond acceptors (Lipinski definition) is 7. The Bertz CT molecular complexity index is 1210. The van der Waals surface area contributed by atoms with Gasteiger partial charge in [0.05, 0.1) is 26.3 Å². The molecule has 8 nitrogen and oxygen atoms in total. The van der Waals surface area contributed by atoms with Gasteiger partial charge in [0.15, 0.2) is 17.3 Å². The van der Waals surface area contributed by atoms with E-state index >= 15 is 0 Å². The number of benzene rings is 3. The van der Waals surface area contributed by atoms with Crippen LogP contribution in [0, 0.1) is 10.1 Å². The van der Waals surface area contributed by atoms with Gasteiger partial charge in [-0.25, -0.2) is 0 Å². The molecule has 0 aromatic heterocycles. The summed E-state index contributed by atoms with van der Waals surface area (Å²) in [5.74, 6) is 1.36. The number of methoxy groups -OCH3 is 3. The van der Waals surface area contributed by atoms with E-state index in [1.807, 2.05) is 48.6 Å². The van der Waals surface area contributed by atoms with Crippen LogP contribution in [0.25, 0.3) is 12.2 Å². The first-order valence-corrected chi connectivity index (χ1v) is 10.3. The van der Waals surface area contributed by atoms with E-state index in [-0.39, 0.29) is 11.5 Å². The summed E-state index contributed by atoms with van der Waals surface area (Å²) in [5.41, 5.74) is 2.83. The Morgan fingerprint density at radius 2 is 1.56 bits per heavy atom. The van der Waals surface area contributed by atoms with Gasteiger partial charge in [-0.15, -0.1) is 0 Å². The number of nitrogens with one attached hydrogen (secondary N) is 1. The van der Waals surface area contributed by atoms with E-state index in [0.29, 0.717) is 22.8 Å². The van der Waals surface area contributed by atoms with Crippen molar-refractivity contribution >= 4 is 29.3 Å². The van der Waals surface area contributed by atoms with E-state index in [0.717, 1.165) is 16.8 Å². The van der Waals surface area contributed by atoms with Crippen LogP contribution in [-0.2, 0) is 0 Å². The number of para-hydroxylation sites is 1. The van der Waals surface area contributed by atoms with Gasteiger partial charge in [0, 0.05) is 35.7 Å². The zero-order valence-corrected chi connectivity index (χ0v) is 19.0. The summed E-state index contributed by atoms with van der Waals surface area (Å²) >= 11 is 0. The van der Waals surface area contributed by atoms with E-state index in [1.54, 1.807) is 21.3 Å². The third-order valence-electron chi connectivity index (χ3n) is 4.94. The smallest absolute Gasteiger partial charge is 0.269 e. The minimum absolute atomic E-state index is 0.0635. The fourth-order valence-electron chi connectivity index (χ4n) is 3.21. The SMILES string of the molecule is COc1cc(/C=C\c2ccccc2N/C=C\C(=O)c2ccc([N+](=O)[O-])cc2)cc(OC)c1OC. The first kappa shape index (κ1) is 24.1. The number of carbonyl (C=O) groups excluding carboxylic acids is 1. The van der Waals surface area contributed by atoms with Gasteiger partial charge in [0.1, 0.15) is 0 Å². The summed E-state index contributed by atoms with van der Waals surface area (Å²) in [6.45, 7) is 0. The Morgan fingerprint density at radius 1 is 0.912 bits per heavy atom. The summed E-state index contributed by atoms with van der Waals surface area (Å²) in [4.78, 5) is 22.6. The molecule has 0 saturated carbocycles. The van der Waals surface area contributed by atoms with Crippen molar-refractivity contribution < 1.29 is 23.9 Å². The normalized spacial score (nSPS) is 10.9. The van der Waals surface area contributed by atoms with Crippen molar-refractivity contribution in [2.45, 2.75) is 0 Å². The fourth-order valence-corrected chi connectivity index (χ4v) is 3.21. The molecule has 1 N–H and O–H groups in total. The molecule has 174 valence electrons. The van der Waals surface area contributed by atoms with Crippen LogP contribution in [0.5, 0.6) is 17.2 Å². The molecular formula is C26H24N2O6. The van der Waals surface area contributed by atoms with Gasteiger partial charge < -0.3 is 19.5 Å². The van der Waals surface area contributed by atoms with Crippen LogP contribution in [0.1, 0.15) is 21.5 Å². The van der Waals surface area contributed by atoms with Crippen molar-refractivity contribution in [2.24, 2.45) is 0 Å². The average molecular weight is 460 g/mol. The second kappa shape index (κ2) is 11.3. The highest BCUT2D eigenvalue weighted by atomic mass is 16.6. The van der Waals surface area contributed by atoms with Gasteiger partial charge >= 0.3 is 0 Å². The van der Waals surface area contributed by atoms with Crippen molar-refractivity contribution in [3.8, 4) is 17.2 Å². The van der Waals surface area contributed by atoms with Crippen LogP contribution in [0.15, 0.2) is 72.9 Å². The van der Waals surface area contributed by atoms with Gasteiger partial charge in [-0.2, -0.15) is 0 Å². The van der Waals surface area contributed by atoms with E-state index in [1.165, 1.54) is 36.5 Å². The number of ketones is 1. The number of allylic oxidation sites excluding steroid dienone is 1. The maximum absolute atomic E-state index is 12.3. The lowest BCUT2D eigenvalue weighted by Crippen LogP contribution is -1.97. The number of non-ortho nitro benzene ring substituents is 1. The van der Waals surface area contributed by atoms with Gasteiger partial charge in [0.2, 0.25) is 5.75 Å². The summed E-state index contributed by atoms with van der Waals surface area (Å²) in [6.07, 6.45) is 6.75. The highest BCUT2D eigenvalue weighted by molar-refractivity contribution is 6.04. The molecule has 0 saturated heterocycles. The molecule has 0 aliphatic carbocycles. The monoisotopic (exact) mass is 460 g/mol. The number of nitro groups is 1. The quantitative estimate of drug-likeness (QED) is 0.138. The van der Waals surface area contributed by atoms with Gasteiger partial charge in [0.25, 0.3) is 5.69 Å². The van der Waals surface area contributed by atoms with E-state index in [9.17, 15) is 14.9 Å². The predicted octanol–water partition coefficient (Wildman–Crippen LogP) is 5.60. The van der Waals surface area contributed by atoms with Crippen molar-refractivity contribution in [3.05, 3.63) is 99.7 Å². The Hall–Kier alpha value is -4.59. The third-order valence-corrected chi connectivity index (χ3v) is 4.94. The number of rotatable bonds is 10. The van der Waals surface area contributed by atoms with E-state index < -0.39 is 4.92 Å². The molecule has 0 unspecified atom stereocenters. The van der Waals surface area contributed by atoms with Crippen LogP contribution in [0.4, 0.5) is 11.4 Å². The number of nitro benzene ring substituents is 1. The first-order valence-electron chi connectivity index (χ1n) is 10.3. The Balaban J connectivity index is 1.75. The average Bonchev–Trinajstić information content (AvgIpc) is 2.87. The topological polar surface area (TPSA) is 99.9 Å². The van der Waals surface area contributed by atoms with E-state index in [4.69, 9.17) is 14.2 Å². The van der Waals surface area contributed by atoms with Crippen molar-refractivity contribution in [1.82, 2.24) is 0 Å². The maximum Gasteiger partial charge on any atom is 0.269 e. The number of carbonyl (C=O) groups is 1. The van der Waals surface area contributed by atoms with Crippen LogP contribution in [-0.4, -0.2) is 32.0 Å². The molecule has 0 amide bonds. The third kappa shape index (κ3) is 5.80. The number of anilines is 1. The molecular weight excluding hydrogens is 436 g/mol. The molecule has 0 aliphatic rings. The second-order valence-electron chi connectivity index (χ2n) is 7.03. The predicted molar refractivity (Wildman–Crippen MR) is 132 cm³/mol. The van der Waals surface area contributed by atoms with Gasteiger partial charge in [-0.3, -0.25) is 14.9 Å². The van der Waals surface area contributed by atoms with E-state index in [2.05, 4.69) is 5.32 Å². The Morgan fingerprint density at radius 3 is 2.15 bits per heavy atom. The maximum atomic E-state index is 12.3. The van der Waals surface area contributed by atoms with Crippen LogP contribution in [0.2, 0.25) is 0 Å². The lowest BCUT2D eigenvalue weighted by molar-refractivity contribution is -0.384. The molecule has 0 spiro atoms. The van der Waals surface area contributed by atoms with Crippen LogP contribution < -0.4 is 19.5 Å². The van der Waals surface area contributed by atoms with Gasteiger partial charge in [-0.1, -0.05) is 30.4 Å². The van der Waals surface area contributed by atoms with Crippen molar-refractivity contribution in [2.75, 3.05) is 26.6 Å². The number of nitrogens with zero attached hydrogens (tertiary/aromatic N) is 1. The lowest BCUT2D eigenvalue weighted by atomic mass is 10.1. The number of hydrogen-bond donors (Lipinski definition) is 1. The molecule has 3 rings (SSSR count). The van der Waals surface area contributed by atoms with Crippen LogP contribution >= 0.6 is 0 Å². The molecule has 0 heterocycles. The first-order chi connectivity index (χ1) is 16.5. The summed E-state index contributed by atoms with van der Waals surface area (Å²) < 4.78 is 16.2. The summed E-state index contributed by atoms with van der Waals surface area (Å²) in [6, 6.07) is 16.8. The molecule has 3 aromatic carbocycles.